The van der Waals surface area contributed by atoms with Crippen LogP contribution in [0, 0.1) is 0 Å². The minimum atomic E-state index is 0.263. The Morgan fingerprint density at radius 1 is 1.21 bits per heavy atom. The Morgan fingerprint density at radius 3 is 2.53 bits per heavy atom. The second kappa shape index (κ2) is 6.08. The van der Waals surface area contributed by atoms with E-state index in [4.69, 9.17) is 9.47 Å². The highest BCUT2D eigenvalue weighted by Crippen LogP contribution is 2.42. The second-order valence-electron chi connectivity index (χ2n) is 4.29. The normalized spacial score (nSPS) is 12.2. The lowest BCUT2D eigenvalue weighted by Crippen LogP contribution is -2.12. The Hall–Kier alpha value is -1.52. The molecule has 0 aliphatic heterocycles. The summed E-state index contributed by atoms with van der Waals surface area (Å²) in [6.45, 7) is 2.12. The van der Waals surface area contributed by atoms with Crippen molar-refractivity contribution in [2.75, 3.05) is 21.3 Å². The summed E-state index contributed by atoms with van der Waals surface area (Å²) in [5, 5.41) is 5.31. The molecule has 19 heavy (non-hydrogen) atoms. The Balaban J connectivity index is 2.61. The number of methoxy groups -OCH3 is 2. The van der Waals surface area contributed by atoms with Crippen molar-refractivity contribution in [3.63, 3.8) is 0 Å². The molecule has 2 aromatic rings. The SMILES string of the molecule is CNC(C)c1cc(OC)c(OC)c(-c2cccs2)c1. The van der Waals surface area contributed by atoms with Gasteiger partial charge in [-0.05, 0) is 43.1 Å². The predicted molar refractivity (Wildman–Crippen MR) is 80.3 cm³/mol. The number of rotatable bonds is 5. The number of nitrogens with one attached hydrogen (secondary N) is 1. The largest absolute Gasteiger partial charge is 0.493 e. The lowest BCUT2D eigenvalue weighted by Gasteiger charge is -2.17. The maximum Gasteiger partial charge on any atom is 0.169 e. The number of benzene rings is 1. The van der Waals surface area contributed by atoms with Crippen molar-refractivity contribution in [1.29, 1.82) is 0 Å². The molecule has 3 nitrogen and oxygen atoms in total. The first-order valence-corrected chi connectivity index (χ1v) is 7.06. The van der Waals surface area contributed by atoms with Crippen LogP contribution >= 0.6 is 11.3 Å². The van der Waals surface area contributed by atoms with Gasteiger partial charge in [0.05, 0.1) is 14.2 Å². The summed E-state index contributed by atoms with van der Waals surface area (Å²) in [7, 11) is 5.30. The Labute approximate surface area is 118 Å². The first-order chi connectivity index (χ1) is 9.21. The van der Waals surface area contributed by atoms with Gasteiger partial charge >= 0.3 is 0 Å². The van der Waals surface area contributed by atoms with Crippen molar-refractivity contribution in [3.05, 3.63) is 35.2 Å². The standard InChI is InChI=1S/C15H19NO2S/c1-10(16-2)11-8-12(14-6-5-7-19-14)15(18-4)13(9-11)17-3/h5-10,16H,1-4H3. The minimum Gasteiger partial charge on any atom is -0.493 e. The number of hydrogen-bond donors (Lipinski definition) is 1. The minimum absolute atomic E-state index is 0.263. The fourth-order valence-corrected chi connectivity index (χ4v) is 2.76. The molecule has 0 fully saturated rings. The lowest BCUT2D eigenvalue weighted by molar-refractivity contribution is 0.355. The molecule has 1 aromatic carbocycles. The van der Waals surface area contributed by atoms with E-state index < -0.39 is 0 Å². The quantitative estimate of drug-likeness (QED) is 0.903. The van der Waals surface area contributed by atoms with E-state index in [0.717, 1.165) is 17.1 Å². The molecular formula is C15H19NO2S. The van der Waals surface area contributed by atoms with Crippen molar-refractivity contribution in [2.24, 2.45) is 0 Å². The summed E-state index contributed by atoms with van der Waals surface area (Å²) in [4.78, 5) is 1.18. The van der Waals surface area contributed by atoms with Gasteiger partial charge in [0.25, 0.3) is 0 Å². The highest BCUT2D eigenvalue weighted by atomic mass is 32.1. The molecule has 1 heterocycles. The third-order valence-corrected chi connectivity index (χ3v) is 4.12. The first-order valence-electron chi connectivity index (χ1n) is 6.18. The molecule has 0 saturated heterocycles. The third-order valence-electron chi connectivity index (χ3n) is 3.22. The number of thiophene rings is 1. The highest BCUT2D eigenvalue weighted by molar-refractivity contribution is 7.13. The molecule has 0 bridgehead atoms. The van der Waals surface area contributed by atoms with E-state index in [0.29, 0.717) is 0 Å². The van der Waals surface area contributed by atoms with Gasteiger partial charge in [0, 0.05) is 16.5 Å². The molecule has 0 aliphatic carbocycles. The molecule has 102 valence electrons. The summed E-state index contributed by atoms with van der Waals surface area (Å²) >= 11 is 1.70. The van der Waals surface area contributed by atoms with Crippen LogP contribution in [0.3, 0.4) is 0 Å². The number of hydrogen-bond acceptors (Lipinski definition) is 4. The molecule has 1 N–H and O–H groups in total. The zero-order valence-corrected chi connectivity index (χ0v) is 12.5. The van der Waals surface area contributed by atoms with E-state index >= 15 is 0 Å². The van der Waals surface area contributed by atoms with Crippen LogP contribution < -0.4 is 14.8 Å². The van der Waals surface area contributed by atoms with E-state index in [1.54, 1.807) is 25.6 Å². The molecular weight excluding hydrogens is 258 g/mol. The van der Waals surface area contributed by atoms with Crippen LogP contribution in [0.5, 0.6) is 11.5 Å². The van der Waals surface area contributed by atoms with Gasteiger partial charge in [-0.25, -0.2) is 0 Å². The van der Waals surface area contributed by atoms with Crippen LogP contribution in [0.2, 0.25) is 0 Å². The molecule has 0 saturated carbocycles. The van der Waals surface area contributed by atoms with Crippen LogP contribution in [0.4, 0.5) is 0 Å². The third kappa shape index (κ3) is 2.74. The zero-order chi connectivity index (χ0) is 13.8. The number of ether oxygens (including phenoxy) is 2. The van der Waals surface area contributed by atoms with Crippen LogP contribution in [0.15, 0.2) is 29.6 Å². The molecule has 1 aromatic heterocycles. The molecule has 0 radical (unpaired) electrons. The molecule has 4 heteroatoms. The van der Waals surface area contributed by atoms with Gasteiger partial charge in [0.15, 0.2) is 11.5 Å². The molecule has 0 amide bonds. The summed E-state index contributed by atoms with van der Waals surface area (Å²) in [5.41, 5.74) is 2.26. The molecule has 0 aliphatic rings. The summed E-state index contributed by atoms with van der Waals surface area (Å²) in [6, 6.07) is 8.58. The van der Waals surface area contributed by atoms with Crippen LogP contribution in [0.25, 0.3) is 10.4 Å². The Bertz CT molecular complexity index is 537. The van der Waals surface area contributed by atoms with Gasteiger partial charge in [-0.2, -0.15) is 0 Å². The van der Waals surface area contributed by atoms with Crippen molar-refractivity contribution in [3.8, 4) is 21.9 Å². The van der Waals surface area contributed by atoms with Gasteiger partial charge in [-0.3, -0.25) is 0 Å². The van der Waals surface area contributed by atoms with Gasteiger partial charge in [0.1, 0.15) is 0 Å². The van der Waals surface area contributed by atoms with E-state index in [-0.39, 0.29) is 6.04 Å². The van der Waals surface area contributed by atoms with Gasteiger partial charge < -0.3 is 14.8 Å². The van der Waals surface area contributed by atoms with E-state index in [2.05, 4.69) is 29.8 Å². The smallest absolute Gasteiger partial charge is 0.169 e. The molecule has 2 rings (SSSR count). The molecule has 1 unspecified atom stereocenters. The average molecular weight is 277 g/mol. The van der Waals surface area contributed by atoms with Crippen molar-refractivity contribution in [2.45, 2.75) is 13.0 Å². The second-order valence-corrected chi connectivity index (χ2v) is 5.24. The zero-order valence-electron chi connectivity index (χ0n) is 11.7. The van der Waals surface area contributed by atoms with Crippen LogP contribution in [-0.2, 0) is 0 Å². The van der Waals surface area contributed by atoms with Gasteiger partial charge in [0.2, 0.25) is 0 Å². The summed E-state index contributed by atoms with van der Waals surface area (Å²) < 4.78 is 11.0. The topological polar surface area (TPSA) is 30.5 Å². The Morgan fingerprint density at radius 2 is 2.00 bits per heavy atom. The van der Waals surface area contributed by atoms with Gasteiger partial charge in [-0.1, -0.05) is 6.07 Å². The van der Waals surface area contributed by atoms with Crippen molar-refractivity contribution in [1.82, 2.24) is 5.32 Å². The van der Waals surface area contributed by atoms with Crippen molar-refractivity contribution < 1.29 is 9.47 Å². The Kier molecular flexibility index (Phi) is 4.45. The highest BCUT2D eigenvalue weighted by Gasteiger charge is 2.16. The summed E-state index contributed by atoms with van der Waals surface area (Å²) in [5.74, 6) is 1.56. The first kappa shape index (κ1) is 13.9. The van der Waals surface area contributed by atoms with E-state index in [9.17, 15) is 0 Å². The summed E-state index contributed by atoms with van der Waals surface area (Å²) in [6.07, 6.45) is 0. The average Bonchev–Trinajstić information content (AvgIpc) is 2.98. The molecule has 0 spiro atoms. The van der Waals surface area contributed by atoms with E-state index in [1.807, 2.05) is 19.2 Å². The maximum atomic E-state index is 5.52. The fraction of sp³-hybridized carbons (Fsp3) is 0.333. The maximum absolute atomic E-state index is 5.52. The predicted octanol–water partition coefficient (Wildman–Crippen LogP) is 3.71. The molecule has 1 atom stereocenters. The van der Waals surface area contributed by atoms with Crippen LogP contribution in [0.1, 0.15) is 18.5 Å². The van der Waals surface area contributed by atoms with E-state index in [1.165, 1.54) is 10.4 Å². The van der Waals surface area contributed by atoms with Crippen LogP contribution in [-0.4, -0.2) is 21.3 Å². The fourth-order valence-electron chi connectivity index (χ4n) is 2.02. The lowest BCUT2D eigenvalue weighted by atomic mass is 10.0. The van der Waals surface area contributed by atoms with Crippen molar-refractivity contribution >= 4 is 11.3 Å². The van der Waals surface area contributed by atoms with Gasteiger partial charge in [-0.15, -0.1) is 11.3 Å². The monoisotopic (exact) mass is 277 g/mol.